The standard InChI is InChI=1S/C11H9N3O2/c1-2-16-11(15)14-6-5-9-10(14)4-3-8(7-12)13-9/h3-6H,2H2,1H3. The molecule has 0 aliphatic rings. The van der Waals surface area contributed by atoms with Crippen LogP contribution in [0.4, 0.5) is 4.79 Å². The van der Waals surface area contributed by atoms with Gasteiger partial charge in [0, 0.05) is 6.20 Å². The van der Waals surface area contributed by atoms with E-state index in [9.17, 15) is 4.79 Å². The Balaban J connectivity index is 2.50. The molecule has 2 rings (SSSR count). The second kappa shape index (κ2) is 4.03. The summed E-state index contributed by atoms with van der Waals surface area (Å²) in [5.41, 5.74) is 1.57. The summed E-state index contributed by atoms with van der Waals surface area (Å²) in [6.45, 7) is 2.07. The molecule has 0 saturated heterocycles. The topological polar surface area (TPSA) is 67.9 Å². The largest absolute Gasteiger partial charge is 0.449 e. The zero-order valence-corrected chi connectivity index (χ0v) is 8.67. The second-order valence-electron chi connectivity index (χ2n) is 3.10. The Morgan fingerprint density at radius 2 is 2.38 bits per heavy atom. The Labute approximate surface area is 91.9 Å². The summed E-state index contributed by atoms with van der Waals surface area (Å²) < 4.78 is 6.25. The van der Waals surface area contributed by atoms with Crippen molar-refractivity contribution in [2.24, 2.45) is 0 Å². The number of hydrogen-bond acceptors (Lipinski definition) is 4. The van der Waals surface area contributed by atoms with Gasteiger partial charge in [0.05, 0.1) is 17.6 Å². The molecule has 0 bridgehead atoms. The summed E-state index contributed by atoms with van der Waals surface area (Å²) in [4.78, 5) is 15.6. The Morgan fingerprint density at radius 3 is 3.06 bits per heavy atom. The van der Waals surface area contributed by atoms with Crippen LogP contribution >= 0.6 is 0 Å². The lowest BCUT2D eigenvalue weighted by atomic mass is 10.3. The molecule has 5 heteroatoms. The van der Waals surface area contributed by atoms with Gasteiger partial charge in [-0.15, -0.1) is 0 Å². The molecule has 0 saturated carbocycles. The van der Waals surface area contributed by atoms with Crippen LogP contribution in [0.1, 0.15) is 12.6 Å². The van der Waals surface area contributed by atoms with Crippen molar-refractivity contribution in [3.05, 3.63) is 30.1 Å². The van der Waals surface area contributed by atoms with Crippen molar-refractivity contribution in [2.45, 2.75) is 6.92 Å². The predicted octanol–water partition coefficient (Wildman–Crippen LogP) is 1.91. The van der Waals surface area contributed by atoms with E-state index in [1.54, 1.807) is 31.3 Å². The van der Waals surface area contributed by atoms with Crippen molar-refractivity contribution in [3.63, 3.8) is 0 Å². The highest BCUT2D eigenvalue weighted by atomic mass is 16.5. The van der Waals surface area contributed by atoms with Crippen molar-refractivity contribution in [1.82, 2.24) is 9.55 Å². The van der Waals surface area contributed by atoms with E-state index < -0.39 is 6.09 Å². The molecule has 0 radical (unpaired) electrons. The molecule has 2 heterocycles. The molecular weight excluding hydrogens is 206 g/mol. The van der Waals surface area contributed by atoms with Gasteiger partial charge in [0.1, 0.15) is 11.8 Å². The van der Waals surface area contributed by atoms with Crippen LogP contribution in [0, 0.1) is 11.3 Å². The molecule has 0 amide bonds. The maximum Gasteiger partial charge on any atom is 0.418 e. The van der Waals surface area contributed by atoms with E-state index in [2.05, 4.69) is 4.98 Å². The van der Waals surface area contributed by atoms with E-state index in [-0.39, 0.29) is 0 Å². The molecular formula is C11H9N3O2. The molecule has 0 aliphatic heterocycles. The molecule has 0 atom stereocenters. The minimum absolute atomic E-state index is 0.322. The van der Waals surface area contributed by atoms with Crippen LogP contribution in [0.25, 0.3) is 11.0 Å². The average Bonchev–Trinajstić information content (AvgIpc) is 2.71. The van der Waals surface area contributed by atoms with Crippen LogP contribution in [0.5, 0.6) is 0 Å². The maximum absolute atomic E-state index is 11.5. The Morgan fingerprint density at radius 1 is 1.56 bits per heavy atom. The Hall–Kier alpha value is -2.35. The third-order valence-electron chi connectivity index (χ3n) is 2.12. The monoisotopic (exact) mass is 215 g/mol. The summed E-state index contributed by atoms with van der Waals surface area (Å²) in [7, 11) is 0. The van der Waals surface area contributed by atoms with Crippen LogP contribution in [-0.2, 0) is 4.74 Å². The summed E-state index contributed by atoms with van der Waals surface area (Å²) >= 11 is 0. The van der Waals surface area contributed by atoms with Crippen LogP contribution in [0.3, 0.4) is 0 Å². The molecule has 80 valence electrons. The molecule has 0 fully saturated rings. The van der Waals surface area contributed by atoms with Gasteiger partial charge in [-0.2, -0.15) is 5.26 Å². The number of carbonyl (C=O) groups excluding carboxylic acids is 1. The van der Waals surface area contributed by atoms with Crippen LogP contribution in [0.15, 0.2) is 24.4 Å². The van der Waals surface area contributed by atoms with Crippen molar-refractivity contribution >= 4 is 17.1 Å². The molecule has 0 N–H and O–H groups in total. The van der Waals surface area contributed by atoms with Crippen molar-refractivity contribution in [3.8, 4) is 6.07 Å². The third kappa shape index (κ3) is 1.61. The number of rotatable bonds is 1. The maximum atomic E-state index is 11.5. The lowest BCUT2D eigenvalue weighted by Gasteiger charge is -2.03. The normalized spacial score (nSPS) is 10.0. The highest BCUT2D eigenvalue weighted by Crippen LogP contribution is 2.14. The molecule has 0 aromatic carbocycles. The first kappa shape index (κ1) is 10.2. The first-order chi connectivity index (χ1) is 7.76. The van der Waals surface area contributed by atoms with Crippen LogP contribution in [0.2, 0.25) is 0 Å². The molecule has 2 aromatic rings. The van der Waals surface area contributed by atoms with Gasteiger partial charge in [-0.1, -0.05) is 0 Å². The smallest absolute Gasteiger partial charge is 0.418 e. The summed E-state index contributed by atoms with van der Waals surface area (Å²) in [6, 6.07) is 6.87. The number of nitrogens with zero attached hydrogens (tertiary/aromatic N) is 3. The van der Waals surface area contributed by atoms with E-state index >= 15 is 0 Å². The van der Waals surface area contributed by atoms with E-state index in [1.165, 1.54) is 4.57 Å². The number of fused-ring (bicyclic) bond motifs is 1. The molecule has 0 unspecified atom stereocenters. The zero-order valence-electron chi connectivity index (χ0n) is 8.67. The lowest BCUT2D eigenvalue weighted by Crippen LogP contribution is -2.12. The second-order valence-corrected chi connectivity index (χ2v) is 3.10. The molecule has 5 nitrogen and oxygen atoms in total. The highest BCUT2D eigenvalue weighted by Gasteiger charge is 2.10. The SMILES string of the molecule is CCOC(=O)n1ccc2nc(C#N)ccc21. The van der Waals surface area contributed by atoms with Gasteiger partial charge >= 0.3 is 6.09 Å². The minimum atomic E-state index is -0.441. The van der Waals surface area contributed by atoms with Crippen LogP contribution in [-0.4, -0.2) is 22.3 Å². The number of ether oxygens (including phenoxy) is 1. The molecule has 0 spiro atoms. The average molecular weight is 215 g/mol. The first-order valence-corrected chi connectivity index (χ1v) is 4.81. The summed E-state index contributed by atoms with van der Waals surface area (Å²) in [6.07, 6.45) is 1.14. The van der Waals surface area contributed by atoms with Gasteiger partial charge in [0.25, 0.3) is 0 Å². The van der Waals surface area contributed by atoms with Gasteiger partial charge in [-0.25, -0.2) is 9.78 Å². The van der Waals surface area contributed by atoms with Crippen molar-refractivity contribution in [1.29, 1.82) is 5.26 Å². The molecule has 2 aromatic heterocycles. The fourth-order valence-corrected chi connectivity index (χ4v) is 1.43. The van der Waals surface area contributed by atoms with Crippen LogP contribution < -0.4 is 0 Å². The highest BCUT2D eigenvalue weighted by molar-refractivity contribution is 5.87. The Kier molecular flexibility index (Phi) is 2.56. The van der Waals surface area contributed by atoms with Gasteiger partial charge < -0.3 is 4.74 Å². The number of hydrogen-bond donors (Lipinski definition) is 0. The Bertz CT molecular complexity index is 580. The number of aromatic nitrogens is 2. The summed E-state index contributed by atoms with van der Waals surface area (Å²) in [5.74, 6) is 0. The number of nitriles is 1. The van der Waals surface area contributed by atoms with E-state index in [4.69, 9.17) is 10.00 Å². The van der Waals surface area contributed by atoms with Gasteiger partial charge in [-0.05, 0) is 25.1 Å². The fourth-order valence-electron chi connectivity index (χ4n) is 1.43. The zero-order chi connectivity index (χ0) is 11.5. The van der Waals surface area contributed by atoms with E-state index in [0.29, 0.717) is 23.3 Å². The fraction of sp³-hybridized carbons (Fsp3) is 0.182. The van der Waals surface area contributed by atoms with Gasteiger partial charge in [-0.3, -0.25) is 4.57 Å². The third-order valence-corrected chi connectivity index (χ3v) is 2.12. The quantitative estimate of drug-likeness (QED) is 0.728. The van der Waals surface area contributed by atoms with E-state index in [0.717, 1.165) is 0 Å². The van der Waals surface area contributed by atoms with E-state index in [1.807, 2.05) is 6.07 Å². The van der Waals surface area contributed by atoms with Gasteiger partial charge in [0.15, 0.2) is 0 Å². The molecule has 16 heavy (non-hydrogen) atoms. The van der Waals surface area contributed by atoms with Gasteiger partial charge in [0.2, 0.25) is 0 Å². The predicted molar refractivity (Wildman–Crippen MR) is 56.9 cm³/mol. The minimum Gasteiger partial charge on any atom is -0.449 e. The molecule has 0 aliphatic carbocycles. The first-order valence-electron chi connectivity index (χ1n) is 4.81. The lowest BCUT2D eigenvalue weighted by molar-refractivity contribution is 0.155. The number of carbonyl (C=O) groups is 1. The van der Waals surface area contributed by atoms with Crippen molar-refractivity contribution in [2.75, 3.05) is 6.61 Å². The summed E-state index contributed by atoms with van der Waals surface area (Å²) in [5, 5.41) is 8.69. The van der Waals surface area contributed by atoms with Crippen molar-refractivity contribution < 1.29 is 9.53 Å². The number of pyridine rings is 1.